The molecule has 0 aliphatic rings. The van der Waals surface area contributed by atoms with E-state index in [0.717, 1.165) is 4.57 Å². The predicted octanol–water partition coefficient (Wildman–Crippen LogP) is -0.920. The molecular formula is C13H15ClN4O4. The summed E-state index contributed by atoms with van der Waals surface area (Å²) in [6.45, 7) is 1.71. The van der Waals surface area contributed by atoms with Gasteiger partial charge in [-0.1, -0.05) is 5.92 Å². The van der Waals surface area contributed by atoms with E-state index in [4.69, 9.17) is 11.6 Å². The topological polar surface area (TPSA) is 113 Å². The maximum Gasteiger partial charge on any atom is 0.329 e. The van der Waals surface area contributed by atoms with Crippen molar-refractivity contribution in [1.82, 2.24) is 19.1 Å². The molecule has 118 valence electrons. The van der Waals surface area contributed by atoms with Gasteiger partial charge in [-0.3, -0.25) is 14.3 Å². The molecule has 0 radical (unpaired) electrons. The first-order valence-corrected chi connectivity index (χ1v) is 6.97. The lowest BCUT2D eigenvalue weighted by atomic mass is 10.2. The number of halogens is 1. The number of fused-ring (bicyclic) bond motifs is 1. The highest BCUT2D eigenvalue weighted by atomic mass is 35.5. The molecule has 2 rings (SSSR count). The van der Waals surface area contributed by atoms with E-state index < -0.39 is 23.5 Å². The van der Waals surface area contributed by atoms with Gasteiger partial charge in [0.25, 0.3) is 5.56 Å². The zero-order valence-electron chi connectivity index (χ0n) is 12.0. The number of rotatable bonds is 4. The monoisotopic (exact) mass is 326 g/mol. The van der Waals surface area contributed by atoms with Crippen molar-refractivity contribution < 1.29 is 10.2 Å². The van der Waals surface area contributed by atoms with Gasteiger partial charge in [0, 0.05) is 7.05 Å². The summed E-state index contributed by atoms with van der Waals surface area (Å²) in [6.07, 6.45) is -2.67. The van der Waals surface area contributed by atoms with Crippen molar-refractivity contribution in [3.05, 3.63) is 26.7 Å². The minimum Gasteiger partial charge on any atom is -0.389 e. The average molecular weight is 327 g/mol. The highest BCUT2D eigenvalue weighted by Crippen LogP contribution is 2.20. The van der Waals surface area contributed by atoms with E-state index in [1.807, 2.05) is 0 Å². The van der Waals surface area contributed by atoms with Gasteiger partial charge in [0.05, 0.1) is 12.4 Å². The summed E-state index contributed by atoms with van der Waals surface area (Å²) in [5, 5.41) is 19.9. The summed E-state index contributed by atoms with van der Waals surface area (Å²) >= 11 is 5.54. The quantitative estimate of drug-likeness (QED) is 0.497. The van der Waals surface area contributed by atoms with Gasteiger partial charge in [-0.05, 0) is 6.92 Å². The molecule has 0 saturated heterocycles. The van der Waals surface area contributed by atoms with Crippen molar-refractivity contribution in [2.45, 2.75) is 25.7 Å². The number of alkyl halides is 1. The summed E-state index contributed by atoms with van der Waals surface area (Å²) < 4.78 is 2.51. The Balaban J connectivity index is 2.82. The number of aromatic amines is 1. The molecule has 0 aliphatic carbocycles. The lowest BCUT2D eigenvalue weighted by Crippen LogP contribution is -2.29. The molecule has 0 amide bonds. The third-order valence-corrected chi connectivity index (χ3v) is 3.55. The van der Waals surface area contributed by atoms with Crippen LogP contribution in [-0.4, -0.2) is 41.3 Å². The summed E-state index contributed by atoms with van der Waals surface area (Å²) in [7, 11) is 1.44. The predicted molar refractivity (Wildman–Crippen MR) is 80.7 cm³/mol. The standard InChI is InChI=1S/C13H15ClN4O4/c1-3-4-5-18-8-10(17(2)13(22)16-12(8)21)15-11(18)9(20)7(19)6-14/h7,9,19-20H,5-6H2,1-2H3,(H,16,21,22). The molecule has 2 aromatic heterocycles. The first-order chi connectivity index (χ1) is 10.4. The number of hydrogen-bond donors (Lipinski definition) is 3. The zero-order chi connectivity index (χ0) is 16.4. The third kappa shape index (κ3) is 2.66. The van der Waals surface area contributed by atoms with Crippen LogP contribution >= 0.6 is 11.6 Å². The molecule has 0 fully saturated rings. The fraction of sp³-hybridized carbons (Fsp3) is 0.462. The lowest BCUT2D eigenvalue weighted by molar-refractivity contribution is 0.0254. The molecule has 0 aliphatic heterocycles. The lowest BCUT2D eigenvalue weighted by Gasteiger charge is -2.15. The number of hydrogen-bond acceptors (Lipinski definition) is 5. The van der Waals surface area contributed by atoms with Crippen LogP contribution in [0.25, 0.3) is 11.2 Å². The van der Waals surface area contributed by atoms with E-state index in [0.29, 0.717) is 0 Å². The Bertz CT molecular complexity index is 870. The first-order valence-electron chi connectivity index (χ1n) is 6.43. The van der Waals surface area contributed by atoms with Crippen LogP contribution in [0.5, 0.6) is 0 Å². The summed E-state index contributed by atoms with van der Waals surface area (Å²) in [5.74, 6) is 5.26. The molecular weight excluding hydrogens is 312 g/mol. The number of aromatic nitrogens is 4. The van der Waals surface area contributed by atoms with Crippen LogP contribution in [-0.2, 0) is 13.6 Å². The highest BCUT2D eigenvalue weighted by Gasteiger charge is 2.26. The number of aryl methyl sites for hydroxylation is 1. The molecule has 2 heterocycles. The second-order valence-electron chi connectivity index (χ2n) is 4.64. The van der Waals surface area contributed by atoms with Crippen LogP contribution in [0.4, 0.5) is 0 Å². The van der Waals surface area contributed by atoms with Gasteiger partial charge < -0.3 is 14.8 Å². The number of nitrogens with zero attached hydrogens (tertiary/aromatic N) is 3. The van der Waals surface area contributed by atoms with E-state index in [1.165, 1.54) is 11.6 Å². The van der Waals surface area contributed by atoms with Gasteiger partial charge >= 0.3 is 5.69 Å². The molecule has 0 saturated carbocycles. The largest absolute Gasteiger partial charge is 0.389 e. The molecule has 8 nitrogen and oxygen atoms in total. The maximum absolute atomic E-state index is 12.1. The fourth-order valence-corrected chi connectivity index (χ4v) is 2.22. The van der Waals surface area contributed by atoms with Gasteiger partial charge in [0.1, 0.15) is 18.0 Å². The summed E-state index contributed by atoms with van der Waals surface area (Å²) in [4.78, 5) is 30.0. The van der Waals surface area contributed by atoms with Crippen LogP contribution in [0.2, 0.25) is 0 Å². The van der Waals surface area contributed by atoms with Crippen molar-refractivity contribution in [2.24, 2.45) is 7.05 Å². The Hall–Kier alpha value is -2.08. The SMILES string of the molecule is CC#CCn1c(C(O)C(O)CCl)nc2c1c(=O)[nH]c(=O)n2C. The molecule has 9 heteroatoms. The highest BCUT2D eigenvalue weighted by molar-refractivity contribution is 6.18. The smallest absolute Gasteiger partial charge is 0.329 e. The number of H-pyrrole nitrogens is 1. The Morgan fingerprint density at radius 2 is 2.09 bits per heavy atom. The van der Waals surface area contributed by atoms with Gasteiger partial charge in [0.15, 0.2) is 11.2 Å². The summed E-state index contributed by atoms with van der Waals surface area (Å²) in [5.41, 5.74) is -1.06. The van der Waals surface area contributed by atoms with E-state index in [1.54, 1.807) is 6.92 Å². The van der Waals surface area contributed by atoms with Crippen molar-refractivity contribution in [1.29, 1.82) is 0 Å². The number of aliphatic hydroxyl groups is 2. The van der Waals surface area contributed by atoms with E-state index >= 15 is 0 Å². The van der Waals surface area contributed by atoms with E-state index in [-0.39, 0.29) is 29.4 Å². The molecule has 3 N–H and O–H groups in total. The maximum atomic E-state index is 12.1. The third-order valence-electron chi connectivity index (χ3n) is 3.24. The molecule has 2 unspecified atom stereocenters. The molecule has 2 atom stereocenters. The molecule has 0 bridgehead atoms. The molecule has 22 heavy (non-hydrogen) atoms. The van der Waals surface area contributed by atoms with Crippen LogP contribution in [0.1, 0.15) is 18.9 Å². The molecule has 2 aromatic rings. The van der Waals surface area contributed by atoms with Crippen molar-refractivity contribution in [3.8, 4) is 11.8 Å². The Kier molecular flexibility index (Phi) is 4.71. The van der Waals surface area contributed by atoms with Crippen LogP contribution in [0.3, 0.4) is 0 Å². The van der Waals surface area contributed by atoms with Gasteiger partial charge in [-0.15, -0.1) is 17.5 Å². The zero-order valence-corrected chi connectivity index (χ0v) is 12.8. The Morgan fingerprint density at radius 1 is 1.41 bits per heavy atom. The minimum atomic E-state index is -1.40. The van der Waals surface area contributed by atoms with Gasteiger partial charge in [0.2, 0.25) is 0 Å². The van der Waals surface area contributed by atoms with E-state index in [2.05, 4.69) is 21.8 Å². The minimum absolute atomic E-state index is 0.0256. The van der Waals surface area contributed by atoms with Gasteiger partial charge in [-0.25, -0.2) is 9.78 Å². The molecule has 0 aromatic carbocycles. The van der Waals surface area contributed by atoms with Crippen molar-refractivity contribution >= 4 is 22.8 Å². The Morgan fingerprint density at radius 3 is 2.68 bits per heavy atom. The number of imidazole rings is 1. The van der Waals surface area contributed by atoms with Crippen LogP contribution in [0.15, 0.2) is 9.59 Å². The summed E-state index contributed by atoms with van der Waals surface area (Å²) in [6, 6.07) is 0. The van der Waals surface area contributed by atoms with Crippen molar-refractivity contribution in [3.63, 3.8) is 0 Å². The normalized spacial score (nSPS) is 13.7. The molecule has 0 spiro atoms. The second-order valence-corrected chi connectivity index (χ2v) is 4.95. The second kappa shape index (κ2) is 6.36. The van der Waals surface area contributed by atoms with Crippen LogP contribution < -0.4 is 11.2 Å². The van der Waals surface area contributed by atoms with E-state index in [9.17, 15) is 19.8 Å². The number of aliphatic hydroxyl groups excluding tert-OH is 2. The fourth-order valence-electron chi connectivity index (χ4n) is 2.05. The Labute approximate surface area is 130 Å². The van der Waals surface area contributed by atoms with Crippen molar-refractivity contribution in [2.75, 3.05) is 5.88 Å². The van der Waals surface area contributed by atoms with Crippen LogP contribution in [0, 0.1) is 11.8 Å². The number of nitrogens with one attached hydrogen (secondary N) is 1. The first kappa shape index (κ1) is 16.3. The van der Waals surface area contributed by atoms with Gasteiger partial charge in [-0.2, -0.15) is 0 Å². The average Bonchev–Trinajstić information content (AvgIpc) is 2.89.